The average molecular weight is 429 g/mol. The van der Waals surface area contributed by atoms with Crippen LogP contribution in [-0.2, 0) is 27.8 Å². The van der Waals surface area contributed by atoms with Crippen LogP contribution in [0.3, 0.4) is 0 Å². The van der Waals surface area contributed by atoms with E-state index in [1.54, 1.807) is 24.3 Å². The molecule has 1 saturated heterocycles. The molecule has 0 unspecified atom stereocenters. The van der Waals surface area contributed by atoms with E-state index in [4.69, 9.17) is 4.74 Å². The Morgan fingerprint density at radius 1 is 1.10 bits per heavy atom. The van der Waals surface area contributed by atoms with Gasteiger partial charge in [-0.2, -0.15) is 4.31 Å². The molecule has 8 nitrogen and oxygen atoms in total. The van der Waals surface area contributed by atoms with Gasteiger partial charge < -0.3 is 9.72 Å². The van der Waals surface area contributed by atoms with Gasteiger partial charge in [0.25, 0.3) is 5.56 Å². The first-order valence-electron chi connectivity index (χ1n) is 9.77. The fourth-order valence-electron chi connectivity index (χ4n) is 3.57. The van der Waals surface area contributed by atoms with Crippen LogP contribution in [0, 0.1) is 0 Å². The lowest BCUT2D eigenvalue weighted by atomic mass is 10.2. The number of nitrogens with one attached hydrogen (secondary N) is 1. The molecule has 9 heteroatoms. The highest BCUT2D eigenvalue weighted by Crippen LogP contribution is 2.19. The standard InChI is InChI=1S/C21H24N4O4S/c1-24(15-20-22-19-8-3-2-7-18(19)21(26)23-20)14-16-5-4-6-17(13-16)30(27,28)25-9-11-29-12-10-25/h2-8,13H,9-12,14-15H2,1H3,(H,22,23,26). The molecule has 1 aliphatic rings. The number of nitrogens with zero attached hydrogens (tertiary/aromatic N) is 3. The minimum Gasteiger partial charge on any atom is -0.379 e. The second-order valence-electron chi connectivity index (χ2n) is 7.37. The summed E-state index contributed by atoms with van der Waals surface area (Å²) < 4.78 is 32.5. The highest BCUT2D eigenvalue weighted by Gasteiger charge is 2.26. The van der Waals surface area contributed by atoms with Gasteiger partial charge in [-0.1, -0.05) is 24.3 Å². The normalized spacial score (nSPS) is 15.7. The van der Waals surface area contributed by atoms with E-state index in [1.165, 1.54) is 4.31 Å². The highest BCUT2D eigenvalue weighted by molar-refractivity contribution is 7.89. The van der Waals surface area contributed by atoms with Crippen LogP contribution < -0.4 is 5.56 Å². The van der Waals surface area contributed by atoms with Gasteiger partial charge in [-0.3, -0.25) is 9.69 Å². The molecule has 1 fully saturated rings. The molecule has 1 aromatic heterocycles. The summed E-state index contributed by atoms with van der Waals surface area (Å²) in [6.07, 6.45) is 0. The third-order valence-electron chi connectivity index (χ3n) is 5.04. The molecule has 30 heavy (non-hydrogen) atoms. The highest BCUT2D eigenvalue weighted by atomic mass is 32.2. The molecule has 158 valence electrons. The molecule has 0 atom stereocenters. The van der Waals surface area contributed by atoms with Crippen LogP contribution in [0.5, 0.6) is 0 Å². The quantitative estimate of drug-likeness (QED) is 0.640. The smallest absolute Gasteiger partial charge is 0.258 e. The van der Waals surface area contributed by atoms with Crippen LogP contribution in [0.25, 0.3) is 10.9 Å². The molecule has 0 spiro atoms. The minimum atomic E-state index is -3.53. The Balaban J connectivity index is 1.49. The number of benzene rings is 2. The SMILES string of the molecule is CN(Cc1cccc(S(=O)(=O)N2CCOCC2)c1)Cc1nc2ccccc2c(=O)[nH]1. The predicted octanol–water partition coefficient (Wildman–Crippen LogP) is 1.58. The molecule has 1 aliphatic heterocycles. The Labute approximate surface area is 175 Å². The zero-order valence-corrected chi connectivity index (χ0v) is 17.6. The van der Waals surface area contributed by atoms with E-state index in [9.17, 15) is 13.2 Å². The van der Waals surface area contributed by atoms with E-state index in [2.05, 4.69) is 9.97 Å². The molecule has 1 N–H and O–H groups in total. The molecule has 0 aliphatic carbocycles. The summed E-state index contributed by atoms with van der Waals surface area (Å²) in [6.45, 7) is 2.52. The summed E-state index contributed by atoms with van der Waals surface area (Å²) in [7, 11) is -1.63. The van der Waals surface area contributed by atoms with Crippen molar-refractivity contribution >= 4 is 20.9 Å². The van der Waals surface area contributed by atoms with Gasteiger partial charge in [0, 0.05) is 19.6 Å². The number of aromatic nitrogens is 2. The first-order valence-corrected chi connectivity index (χ1v) is 11.2. The fraction of sp³-hybridized carbons (Fsp3) is 0.333. The molecular formula is C21H24N4O4S. The lowest BCUT2D eigenvalue weighted by Gasteiger charge is -2.26. The van der Waals surface area contributed by atoms with Crippen molar-refractivity contribution in [3.63, 3.8) is 0 Å². The van der Waals surface area contributed by atoms with Gasteiger partial charge in [-0.25, -0.2) is 13.4 Å². The number of H-pyrrole nitrogens is 1. The number of sulfonamides is 1. The lowest BCUT2D eigenvalue weighted by Crippen LogP contribution is -2.40. The van der Waals surface area contributed by atoms with Gasteiger partial charge in [0.1, 0.15) is 5.82 Å². The molecule has 2 heterocycles. The molecule has 3 aromatic rings. The van der Waals surface area contributed by atoms with Crippen molar-refractivity contribution < 1.29 is 13.2 Å². The number of hydrogen-bond donors (Lipinski definition) is 1. The first-order chi connectivity index (χ1) is 14.4. The maximum absolute atomic E-state index is 12.9. The van der Waals surface area contributed by atoms with Gasteiger partial charge in [0.2, 0.25) is 10.0 Å². The van der Waals surface area contributed by atoms with Crippen molar-refractivity contribution in [2.24, 2.45) is 0 Å². The fourth-order valence-corrected chi connectivity index (χ4v) is 5.05. The first kappa shape index (κ1) is 20.7. The van der Waals surface area contributed by atoms with Crippen LogP contribution in [0.15, 0.2) is 58.2 Å². The number of rotatable bonds is 6. The number of para-hydroxylation sites is 1. The lowest BCUT2D eigenvalue weighted by molar-refractivity contribution is 0.0730. The Morgan fingerprint density at radius 2 is 1.87 bits per heavy atom. The van der Waals surface area contributed by atoms with Gasteiger partial charge >= 0.3 is 0 Å². The maximum atomic E-state index is 12.9. The van der Waals surface area contributed by atoms with Crippen molar-refractivity contribution in [2.45, 2.75) is 18.0 Å². The van der Waals surface area contributed by atoms with Crippen LogP contribution in [0.4, 0.5) is 0 Å². The molecule has 2 aromatic carbocycles. The van der Waals surface area contributed by atoms with Crippen LogP contribution in [0.1, 0.15) is 11.4 Å². The van der Waals surface area contributed by atoms with Crippen LogP contribution >= 0.6 is 0 Å². The summed E-state index contributed by atoms with van der Waals surface area (Å²) in [4.78, 5) is 21.9. The Kier molecular flexibility index (Phi) is 5.96. The molecule has 0 amide bonds. The van der Waals surface area contributed by atoms with Crippen molar-refractivity contribution in [2.75, 3.05) is 33.4 Å². The zero-order chi connectivity index (χ0) is 21.1. The van der Waals surface area contributed by atoms with Crippen molar-refractivity contribution in [1.82, 2.24) is 19.2 Å². The monoisotopic (exact) mass is 428 g/mol. The number of fused-ring (bicyclic) bond motifs is 1. The van der Waals surface area contributed by atoms with Gasteiger partial charge in [-0.05, 0) is 36.9 Å². The van der Waals surface area contributed by atoms with Crippen molar-refractivity contribution in [3.05, 3.63) is 70.3 Å². The topological polar surface area (TPSA) is 95.6 Å². The van der Waals surface area contributed by atoms with E-state index < -0.39 is 10.0 Å². The second kappa shape index (κ2) is 8.65. The van der Waals surface area contributed by atoms with Crippen molar-refractivity contribution in [1.29, 1.82) is 0 Å². The van der Waals surface area contributed by atoms with E-state index >= 15 is 0 Å². The third-order valence-corrected chi connectivity index (χ3v) is 6.93. The maximum Gasteiger partial charge on any atom is 0.258 e. The predicted molar refractivity (Wildman–Crippen MR) is 114 cm³/mol. The average Bonchev–Trinajstić information content (AvgIpc) is 2.74. The van der Waals surface area contributed by atoms with Gasteiger partial charge in [0.05, 0.1) is 35.6 Å². The Morgan fingerprint density at radius 3 is 2.67 bits per heavy atom. The molecular weight excluding hydrogens is 404 g/mol. The summed E-state index contributed by atoms with van der Waals surface area (Å²) in [5, 5.41) is 0.560. The number of morpholine rings is 1. The van der Waals surface area contributed by atoms with Crippen molar-refractivity contribution in [3.8, 4) is 0 Å². The van der Waals surface area contributed by atoms with E-state index in [-0.39, 0.29) is 10.5 Å². The minimum absolute atomic E-state index is 0.164. The zero-order valence-electron chi connectivity index (χ0n) is 16.7. The summed E-state index contributed by atoms with van der Waals surface area (Å²) in [6, 6.07) is 14.2. The summed E-state index contributed by atoms with van der Waals surface area (Å²) >= 11 is 0. The molecule has 0 radical (unpaired) electrons. The molecule has 0 bridgehead atoms. The van der Waals surface area contributed by atoms with Crippen LogP contribution in [0.2, 0.25) is 0 Å². The van der Waals surface area contributed by atoms with Gasteiger partial charge in [-0.15, -0.1) is 0 Å². The van der Waals surface area contributed by atoms with Gasteiger partial charge in [0.15, 0.2) is 0 Å². The number of ether oxygens (including phenoxy) is 1. The van der Waals surface area contributed by atoms with Crippen LogP contribution in [-0.4, -0.2) is 60.9 Å². The summed E-state index contributed by atoms with van der Waals surface area (Å²) in [5.74, 6) is 0.568. The number of hydrogen-bond acceptors (Lipinski definition) is 6. The molecule has 0 saturated carbocycles. The Bertz CT molecular complexity index is 1200. The van der Waals surface area contributed by atoms with E-state index in [1.807, 2.05) is 36.2 Å². The summed E-state index contributed by atoms with van der Waals surface area (Å²) in [5.41, 5.74) is 1.36. The largest absolute Gasteiger partial charge is 0.379 e. The van der Waals surface area contributed by atoms with E-state index in [0.717, 1.165) is 5.56 Å². The second-order valence-corrected chi connectivity index (χ2v) is 9.30. The number of aromatic amines is 1. The molecule has 4 rings (SSSR count). The Hall–Kier alpha value is -2.59. The van der Waals surface area contributed by atoms with E-state index in [0.29, 0.717) is 56.1 Å². The third kappa shape index (κ3) is 4.44.